The van der Waals surface area contributed by atoms with Gasteiger partial charge < -0.3 is 15.5 Å². The molecule has 2 N–H and O–H groups in total. The Morgan fingerprint density at radius 3 is 2.65 bits per heavy atom. The highest BCUT2D eigenvalue weighted by Crippen LogP contribution is 2.22. The predicted molar refractivity (Wildman–Crippen MR) is 111 cm³/mol. The molecule has 1 aliphatic heterocycles. The molecule has 1 aromatic carbocycles. The number of hydrogen-bond donors (Lipinski definition) is 2. The number of hydrogen-bond acceptors (Lipinski definition) is 2. The number of nitrogens with one attached hydrogen (secondary N) is 2. The second-order valence-corrected chi connectivity index (χ2v) is 6.50. The monoisotopic (exact) mass is 430 g/mol. The number of para-hydroxylation sites is 1. The van der Waals surface area contributed by atoms with Gasteiger partial charge in [0.15, 0.2) is 5.96 Å². The number of aliphatic imine (C=N–C) groups is 1. The van der Waals surface area contributed by atoms with Crippen LogP contribution in [-0.4, -0.2) is 39.2 Å². The van der Waals surface area contributed by atoms with Crippen molar-refractivity contribution < 1.29 is 0 Å². The lowest BCUT2D eigenvalue weighted by Crippen LogP contribution is -2.40. The van der Waals surface area contributed by atoms with Crippen LogP contribution in [0.2, 0.25) is 0 Å². The van der Waals surface area contributed by atoms with E-state index in [9.17, 15) is 0 Å². The maximum absolute atomic E-state index is 4.30. The van der Waals surface area contributed by atoms with Gasteiger partial charge in [-0.3, -0.25) is 4.99 Å². The molecule has 1 saturated heterocycles. The molecule has 130 valence electrons. The Morgan fingerprint density at radius 2 is 2.00 bits per heavy atom. The Morgan fingerprint density at radius 1 is 1.26 bits per heavy atom. The van der Waals surface area contributed by atoms with Crippen molar-refractivity contribution in [2.45, 2.75) is 26.7 Å². The van der Waals surface area contributed by atoms with E-state index in [2.05, 4.69) is 64.7 Å². The molecule has 4 nitrogen and oxygen atoms in total. The maximum atomic E-state index is 4.30. The number of anilines is 1. The van der Waals surface area contributed by atoms with Gasteiger partial charge in [0.2, 0.25) is 0 Å². The second kappa shape index (κ2) is 10.7. The zero-order valence-corrected chi connectivity index (χ0v) is 16.9. The molecule has 1 aliphatic rings. The first-order chi connectivity index (χ1) is 10.7. The van der Waals surface area contributed by atoms with Crippen molar-refractivity contribution in [2.24, 2.45) is 16.8 Å². The Bertz CT molecular complexity index is 461. The maximum Gasteiger partial charge on any atom is 0.190 e. The van der Waals surface area contributed by atoms with E-state index in [1.54, 1.807) is 0 Å². The van der Waals surface area contributed by atoms with Crippen molar-refractivity contribution in [1.82, 2.24) is 10.6 Å². The summed E-state index contributed by atoms with van der Waals surface area (Å²) in [5, 5.41) is 6.86. The summed E-state index contributed by atoms with van der Waals surface area (Å²) in [7, 11) is 1.84. The zero-order valence-electron chi connectivity index (χ0n) is 14.6. The van der Waals surface area contributed by atoms with Crippen LogP contribution in [0.4, 0.5) is 5.69 Å². The van der Waals surface area contributed by atoms with Crippen LogP contribution >= 0.6 is 24.0 Å². The Hall–Kier alpha value is -0.980. The van der Waals surface area contributed by atoms with E-state index >= 15 is 0 Å². The molecular weight excluding hydrogens is 399 g/mol. The molecule has 0 spiro atoms. The average Bonchev–Trinajstić information content (AvgIpc) is 3.00. The Kier molecular flexibility index (Phi) is 9.36. The molecule has 0 bridgehead atoms. The van der Waals surface area contributed by atoms with E-state index in [0.29, 0.717) is 5.92 Å². The molecule has 23 heavy (non-hydrogen) atoms. The van der Waals surface area contributed by atoms with Gasteiger partial charge in [0.25, 0.3) is 0 Å². The largest absolute Gasteiger partial charge is 0.371 e. The van der Waals surface area contributed by atoms with Gasteiger partial charge in [-0.05, 0) is 36.8 Å². The van der Waals surface area contributed by atoms with Gasteiger partial charge in [0, 0.05) is 38.9 Å². The van der Waals surface area contributed by atoms with Gasteiger partial charge in [-0.1, -0.05) is 32.0 Å². The van der Waals surface area contributed by atoms with Gasteiger partial charge in [-0.2, -0.15) is 0 Å². The SMILES string of the molecule is CN=C(NCCC(C)C)NCC1CCN(c2ccccc2)C1.I. The summed E-state index contributed by atoms with van der Waals surface area (Å²) in [6, 6.07) is 10.7. The lowest BCUT2D eigenvalue weighted by molar-refractivity contribution is 0.551. The van der Waals surface area contributed by atoms with Crippen LogP contribution in [0.1, 0.15) is 26.7 Å². The third kappa shape index (κ3) is 6.97. The molecule has 1 fully saturated rings. The molecule has 1 heterocycles. The van der Waals surface area contributed by atoms with Gasteiger partial charge in [-0.15, -0.1) is 24.0 Å². The third-order valence-electron chi connectivity index (χ3n) is 4.20. The molecule has 1 atom stereocenters. The average molecular weight is 430 g/mol. The Labute approximate surface area is 158 Å². The van der Waals surface area contributed by atoms with Crippen LogP contribution < -0.4 is 15.5 Å². The lowest BCUT2D eigenvalue weighted by Gasteiger charge is -2.19. The molecule has 1 unspecified atom stereocenters. The summed E-state index contributed by atoms with van der Waals surface area (Å²) >= 11 is 0. The smallest absolute Gasteiger partial charge is 0.190 e. The Balaban J connectivity index is 0.00000264. The number of guanidine groups is 1. The van der Waals surface area contributed by atoms with Crippen molar-refractivity contribution in [3.8, 4) is 0 Å². The summed E-state index contributed by atoms with van der Waals surface area (Å²) in [4.78, 5) is 6.78. The van der Waals surface area contributed by atoms with E-state index in [-0.39, 0.29) is 24.0 Å². The topological polar surface area (TPSA) is 39.7 Å². The van der Waals surface area contributed by atoms with E-state index in [1.807, 2.05) is 7.05 Å². The normalized spacial score (nSPS) is 18.0. The van der Waals surface area contributed by atoms with Gasteiger partial charge in [-0.25, -0.2) is 0 Å². The number of rotatable bonds is 6. The highest BCUT2D eigenvalue weighted by atomic mass is 127. The molecule has 0 aliphatic carbocycles. The van der Waals surface area contributed by atoms with E-state index in [0.717, 1.165) is 38.1 Å². The molecule has 0 radical (unpaired) electrons. The van der Waals surface area contributed by atoms with Crippen molar-refractivity contribution in [2.75, 3.05) is 38.1 Å². The summed E-state index contributed by atoms with van der Waals surface area (Å²) in [6.45, 7) is 8.74. The number of benzene rings is 1. The van der Waals surface area contributed by atoms with Gasteiger partial charge in [0.1, 0.15) is 0 Å². The van der Waals surface area contributed by atoms with Crippen molar-refractivity contribution in [1.29, 1.82) is 0 Å². The highest BCUT2D eigenvalue weighted by molar-refractivity contribution is 14.0. The number of halogens is 1. The zero-order chi connectivity index (χ0) is 15.8. The minimum atomic E-state index is 0. The standard InChI is InChI=1S/C18H30N4.HI/c1-15(2)9-11-20-18(19-3)21-13-16-10-12-22(14-16)17-7-5-4-6-8-17;/h4-8,15-16H,9-14H2,1-3H3,(H2,19,20,21);1H. The highest BCUT2D eigenvalue weighted by Gasteiger charge is 2.22. The van der Waals surface area contributed by atoms with Crippen molar-refractivity contribution in [3.05, 3.63) is 30.3 Å². The summed E-state index contributed by atoms with van der Waals surface area (Å²) < 4.78 is 0. The first kappa shape index (κ1) is 20.1. The summed E-state index contributed by atoms with van der Waals surface area (Å²) in [5.41, 5.74) is 1.34. The second-order valence-electron chi connectivity index (χ2n) is 6.50. The van der Waals surface area contributed by atoms with Crippen LogP contribution in [0, 0.1) is 11.8 Å². The van der Waals surface area contributed by atoms with Crippen molar-refractivity contribution in [3.63, 3.8) is 0 Å². The van der Waals surface area contributed by atoms with Crippen LogP contribution in [-0.2, 0) is 0 Å². The number of nitrogens with zero attached hydrogens (tertiary/aromatic N) is 2. The van der Waals surface area contributed by atoms with Gasteiger partial charge in [0.05, 0.1) is 0 Å². The molecule has 1 aromatic rings. The third-order valence-corrected chi connectivity index (χ3v) is 4.20. The molecule has 5 heteroatoms. The first-order valence-electron chi connectivity index (χ1n) is 8.43. The van der Waals surface area contributed by atoms with E-state index < -0.39 is 0 Å². The van der Waals surface area contributed by atoms with Gasteiger partial charge >= 0.3 is 0 Å². The lowest BCUT2D eigenvalue weighted by atomic mass is 10.1. The van der Waals surface area contributed by atoms with Crippen LogP contribution in [0.25, 0.3) is 0 Å². The fourth-order valence-electron chi connectivity index (χ4n) is 2.81. The molecule has 0 amide bonds. The molecule has 2 rings (SSSR count). The minimum absolute atomic E-state index is 0. The fourth-order valence-corrected chi connectivity index (χ4v) is 2.81. The fraction of sp³-hybridized carbons (Fsp3) is 0.611. The molecular formula is C18H31IN4. The van der Waals surface area contributed by atoms with Crippen LogP contribution in [0.5, 0.6) is 0 Å². The predicted octanol–water partition coefficient (Wildman–Crippen LogP) is 3.34. The molecule has 0 aromatic heterocycles. The summed E-state index contributed by atoms with van der Waals surface area (Å²) in [5.74, 6) is 2.34. The van der Waals surface area contributed by atoms with E-state index in [1.165, 1.54) is 18.5 Å². The van der Waals surface area contributed by atoms with Crippen molar-refractivity contribution >= 4 is 35.6 Å². The minimum Gasteiger partial charge on any atom is -0.371 e. The van der Waals surface area contributed by atoms with E-state index in [4.69, 9.17) is 0 Å². The quantitative estimate of drug-likeness (QED) is 0.413. The molecule has 0 saturated carbocycles. The summed E-state index contributed by atoms with van der Waals surface area (Å²) in [6.07, 6.45) is 2.41. The first-order valence-corrected chi connectivity index (χ1v) is 8.43. The van der Waals surface area contributed by atoms with Crippen LogP contribution in [0.15, 0.2) is 35.3 Å². The van der Waals surface area contributed by atoms with Crippen LogP contribution in [0.3, 0.4) is 0 Å².